The second kappa shape index (κ2) is 6.97. The standard InChI is InChI=1S/C20H20FNO3/c1-13(14-4-6-16(21)7-5-14)22(2)20(23)10-15-12-25-19-11-17(24-3)8-9-18(15)19/h4-9,11-13H,10H2,1-3H3. The highest BCUT2D eigenvalue weighted by Crippen LogP contribution is 2.27. The largest absolute Gasteiger partial charge is 0.497 e. The molecule has 0 saturated carbocycles. The first-order chi connectivity index (χ1) is 12.0. The first kappa shape index (κ1) is 17.0. The summed E-state index contributed by atoms with van der Waals surface area (Å²) in [4.78, 5) is 14.3. The van der Waals surface area contributed by atoms with Crippen molar-refractivity contribution in [3.63, 3.8) is 0 Å². The molecule has 5 heteroatoms. The fraction of sp³-hybridized carbons (Fsp3) is 0.250. The van der Waals surface area contributed by atoms with Crippen LogP contribution >= 0.6 is 0 Å². The fourth-order valence-corrected chi connectivity index (χ4v) is 2.80. The maximum Gasteiger partial charge on any atom is 0.227 e. The summed E-state index contributed by atoms with van der Waals surface area (Å²) in [5, 5.41) is 0.900. The molecule has 0 N–H and O–H groups in total. The predicted octanol–water partition coefficient (Wildman–Crippen LogP) is 4.34. The van der Waals surface area contributed by atoms with E-state index >= 15 is 0 Å². The monoisotopic (exact) mass is 341 g/mol. The Kier molecular flexibility index (Phi) is 4.74. The van der Waals surface area contributed by atoms with Crippen LogP contribution in [0.3, 0.4) is 0 Å². The Morgan fingerprint density at radius 2 is 1.96 bits per heavy atom. The van der Waals surface area contributed by atoms with Crippen LogP contribution in [0.1, 0.15) is 24.1 Å². The number of methoxy groups -OCH3 is 1. The summed E-state index contributed by atoms with van der Waals surface area (Å²) >= 11 is 0. The minimum atomic E-state index is -0.287. The van der Waals surface area contributed by atoms with Crippen LogP contribution in [0.2, 0.25) is 0 Å². The molecular weight excluding hydrogens is 321 g/mol. The predicted molar refractivity (Wildman–Crippen MR) is 94.1 cm³/mol. The van der Waals surface area contributed by atoms with E-state index in [0.717, 1.165) is 16.5 Å². The highest BCUT2D eigenvalue weighted by Gasteiger charge is 2.19. The topological polar surface area (TPSA) is 42.7 Å². The number of fused-ring (bicyclic) bond motifs is 1. The lowest BCUT2D eigenvalue weighted by atomic mass is 10.1. The van der Waals surface area contributed by atoms with E-state index in [0.29, 0.717) is 11.3 Å². The zero-order valence-electron chi connectivity index (χ0n) is 14.5. The lowest BCUT2D eigenvalue weighted by molar-refractivity contribution is -0.131. The maximum atomic E-state index is 13.1. The number of carbonyl (C=O) groups is 1. The van der Waals surface area contributed by atoms with Gasteiger partial charge in [0.05, 0.1) is 25.8 Å². The second-order valence-electron chi connectivity index (χ2n) is 6.03. The number of hydrogen-bond donors (Lipinski definition) is 0. The fourth-order valence-electron chi connectivity index (χ4n) is 2.80. The second-order valence-corrected chi connectivity index (χ2v) is 6.03. The van der Waals surface area contributed by atoms with E-state index in [1.165, 1.54) is 12.1 Å². The number of hydrogen-bond acceptors (Lipinski definition) is 3. The molecule has 0 fully saturated rings. The highest BCUT2D eigenvalue weighted by atomic mass is 19.1. The maximum absolute atomic E-state index is 13.1. The summed E-state index contributed by atoms with van der Waals surface area (Å²) in [7, 11) is 3.35. The average Bonchev–Trinajstić information content (AvgIpc) is 3.03. The van der Waals surface area contributed by atoms with Crippen LogP contribution in [-0.2, 0) is 11.2 Å². The Labute approximate surface area is 145 Å². The molecule has 1 amide bonds. The van der Waals surface area contributed by atoms with Gasteiger partial charge < -0.3 is 14.1 Å². The summed E-state index contributed by atoms with van der Waals surface area (Å²) in [6.45, 7) is 1.92. The Bertz CT molecular complexity index is 886. The number of carbonyl (C=O) groups excluding carboxylic acids is 1. The number of ether oxygens (including phenoxy) is 1. The summed E-state index contributed by atoms with van der Waals surface area (Å²) in [5.41, 5.74) is 2.41. The molecule has 4 nitrogen and oxygen atoms in total. The van der Waals surface area contributed by atoms with Crippen molar-refractivity contribution in [2.75, 3.05) is 14.2 Å². The van der Waals surface area contributed by atoms with Crippen molar-refractivity contribution < 1.29 is 18.3 Å². The molecular formula is C20H20FNO3. The molecule has 0 bridgehead atoms. The van der Waals surface area contributed by atoms with Gasteiger partial charge in [0.15, 0.2) is 0 Å². The van der Waals surface area contributed by atoms with Crippen molar-refractivity contribution in [2.24, 2.45) is 0 Å². The SMILES string of the molecule is COc1ccc2c(CC(=O)N(C)C(C)c3ccc(F)cc3)coc2c1. The zero-order chi connectivity index (χ0) is 18.0. The van der Waals surface area contributed by atoms with Crippen LogP contribution in [0.5, 0.6) is 5.75 Å². The molecule has 2 aromatic carbocycles. The number of benzene rings is 2. The van der Waals surface area contributed by atoms with Gasteiger partial charge in [-0.1, -0.05) is 12.1 Å². The Morgan fingerprint density at radius 1 is 1.24 bits per heavy atom. The molecule has 130 valence electrons. The summed E-state index contributed by atoms with van der Waals surface area (Å²) in [5.74, 6) is 0.391. The molecule has 0 spiro atoms. The Balaban J connectivity index is 1.76. The van der Waals surface area contributed by atoms with Crippen molar-refractivity contribution in [1.82, 2.24) is 4.90 Å². The third-order valence-corrected chi connectivity index (χ3v) is 4.53. The van der Waals surface area contributed by atoms with Crippen molar-refractivity contribution in [3.05, 3.63) is 65.7 Å². The van der Waals surface area contributed by atoms with Gasteiger partial charge in [-0.05, 0) is 36.8 Å². The minimum Gasteiger partial charge on any atom is -0.497 e. The third kappa shape index (κ3) is 3.50. The van der Waals surface area contributed by atoms with E-state index in [1.54, 1.807) is 43.5 Å². The molecule has 1 unspecified atom stereocenters. The summed E-state index contributed by atoms with van der Waals surface area (Å²) in [6, 6.07) is 11.6. The van der Waals surface area contributed by atoms with Crippen LogP contribution in [0.25, 0.3) is 11.0 Å². The van der Waals surface area contributed by atoms with Crippen molar-refractivity contribution >= 4 is 16.9 Å². The van der Waals surface area contributed by atoms with Crippen LogP contribution < -0.4 is 4.74 Å². The van der Waals surface area contributed by atoms with Gasteiger partial charge in [-0.15, -0.1) is 0 Å². The first-order valence-corrected chi connectivity index (χ1v) is 8.05. The number of halogens is 1. The van der Waals surface area contributed by atoms with E-state index in [2.05, 4.69) is 0 Å². The van der Waals surface area contributed by atoms with Gasteiger partial charge in [0.2, 0.25) is 5.91 Å². The summed E-state index contributed by atoms with van der Waals surface area (Å²) < 4.78 is 23.8. The average molecular weight is 341 g/mol. The van der Waals surface area contributed by atoms with E-state index in [9.17, 15) is 9.18 Å². The number of furan rings is 1. The quantitative estimate of drug-likeness (QED) is 0.693. The van der Waals surface area contributed by atoms with Crippen LogP contribution in [0.15, 0.2) is 53.1 Å². The minimum absolute atomic E-state index is 0.0321. The lowest BCUT2D eigenvalue weighted by Crippen LogP contribution is -2.30. The molecule has 0 aliphatic rings. The van der Waals surface area contributed by atoms with Gasteiger partial charge in [-0.2, -0.15) is 0 Å². The number of nitrogens with zero attached hydrogens (tertiary/aromatic N) is 1. The lowest BCUT2D eigenvalue weighted by Gasteiger charge is -2.25. The van der Waals surface area contributed by atoms with Crippen molar-refractivity contribution in [2.45, 2.75) is 19.4 Å². The van der Waals surface area contributed by atoms with Crippen molar-refractivity contribution in [3.8, 4) is 5.75 Å². The normalized spacial score (nSPS) is 12.2. The molecule has 1 atom stereocenters. The van der Waals surface area contributed by atoms with E-state index in [-0.39, 0.29) is 24.2 Å². The molecule has 0 aliphatic heterocycles. The van der Waals surface area contributed by atoms with Crippen molar-refractivity contribution in [1.29, 1.82) is 0 Å². The van der Waals surface area contributed by atoms with Gasteiger partial charge in [0.25, 0.3) is 0 Å². The molecule has 0 saturated heterocycles. The zero-order valence-corrected chi connectivity index (χ0v) is 14.5. The molecule has 1 heterocycles. The van der Waals surface area contributed by atoms with Gasteiger partial charge >= 0.3 is 0 Å². The van der Waals surface area contributed by atoms with Gasteiger partial charge in [0, 0.05) is 24.1 Å². The van der Waals surface area contributed by atoms with E-state index in [1.807, 2.05) is 19.1 Å². The van der Waals surface area contributed by atoms with Crippen LogP contribution in [-0.4, -0.2) is 25.0 Å². The van der Waals surface area contributed by atoms with Crippen LogP contribution in [0, 0.1) is 5.82 Å². The number of rotatable bonds is 5. The van der Waals surface area contributed by atoms with E-state index in [4.69, 9.17) is 9.15 Å². The third-order valence-electron chi connectivity index (χ3n) is 4.53. The Hall–Kier alpha value is -2.82. The Morgan fingerprint density at radius 3 is 2.64 bits per heavy atom. The number of amides is 1. The van der Waals surface area contributed by atoms with Crippen LogP contribution in [0.4, 0.5) is 4.39 Å². The first-order valence-electron chi connectivity index (χ1n) is 8.05. The van der Waals surface area contributed by atoms with Gasteiger partial charge in [-0.25, -0.2) is 4.39 Å². The molecule has 1 aromatic heterocycles. The number of likely N-dealkylation sites (N-methyl/N-ethyl adjacent to an activating group) is 1. The molecule has 25 heavy (non-hydrogen) atoms. The van der Waals surface area contributed by atoms with E-state index < -0.39 is 0 Å². The van der Waals surface area contributed by atoms with Gasteiger partial charge in [0.1, 0.15) is 17.1 Å². The van der Waals surface area contributed by atoms with Gasteiger partial charge in [-0.3, -0.25) is 4.79 Å². The summed E-state index contributed by atoms with van der Waals surface area (Å²) in [6.07, 6.45) is 1.85. The molecule has 0 radical (unpaired) electrons. The smallest absolute Gasteiger partial charge is 0.227 e. The molecule has 3 aromatic rings. The molecule has 0 aliphatic carbocycles. The highest BCUT2D eigenvalue weighted by molar-refractivity contribution is 5.88. The molecule has 3 rings (SSSR count).